The summed E-state index contributed by atoms with van der Waals surface area (Å²) < 4.78 is 62.5. The minimum atomic E-state index is -5.84. The summed E-state index contributed by atoms with van der Waals surface area (Å²) in [7, 11) is -2.38. The number of ether oxygens (including phenoxy) is 1. The molecule has 0 aromatic heterocycles. The lowest BCUT2D eigenvalue weighted by Crippen LogP contribution is -2.22. The first-order valence-corrected chi connectivity index (χ1v) is 6.13. The van der Waals surface area contributed by atoms with Gasteiger partial charge in [-0.1, -0.05) is 0 Å². The topological polar surface area (TPSA) is 83.9 Å². The molecule has 1 aliphatic rings. The zero-order chi connectivity index (χ0) is 15.3. The van der Waals surface area contributed by atoms with Crippen molar-refractivity contribution in [1.82, 2.24) is 4.90 Å². The maximum absolute atomic E-state index is 10.7. The van der Waals surface area contributed by atoms with Crippen molar-refractivity contribution >= 4 is 16.4 Å². The molecule has 0 amide bonds. The molecule has 0 unspecified atom stereocenters. The van der Waals surface area contributed by atoms with Gasteiger partial charge >= 0.3 is 15.6 Å². The van der Waals surface area contributed by atoms with Crippen LogP contribution in [0.1, 0.15) is 0 Å². The van der Waals surface area contributed by atoms with E-state index in [1.807, 2.05) is 18.0 Å². The average molecular weight is 303 g/mol. The van der Waals surface area contributed by atoms with Crippen molar-refractivity contribution in [1.29, 1.82) is 0 Å². The van der Waals surface area contributed by atoms with Crippen LogP contribution >= 0.6 is 0 Å². The van der Waals surface area contributed by atoms with E-state index in [0.717, 1.165) is 18.6 Å². The van der Waals surface area contributed by atoms with Crippen molar-refractivity contribution in [3.8, 4) is 0 Å². The summed E-state index contributed by atoms with van der Waals surface area (Å²) in [6, 6.07) is 0. The Bertz CT molecular complexity index is 481. The molecule has 1 N–H and O–H groups in total. The molecule has 0 bridgehead atoms. The van der Waals surface area contributed by atoms with Crippen LogP contribution in [0.3, 0.4) is 0 Å². The first kappa shape index (κ1) is 17.4. The number of likely N-dealkylation sites (N-methyl/N-ethyl adjacent to an activating group) is 1. The van der Waals surface area contributed by atoms with Gasteiger partial charge in [-0.15, -0.1) is 0 Å². The fourth-order valence-corrected chi connectivity index (χ4v) is 0.913. The lowest BCUT2D eigenvalue weighted by molar-refractivity contribution is -0.106. The minimum Gasteiger partial charge on any atom is -0.497 e. The fourth-order valence-electron chi connectivity index (χ4n) is 0.913. The Morgan fingerprint density at radius 1 is 1.47 bits per heavy atom. The number of carbonyl (C=O) groups is 1. The van der Waals surface area contributed by atoms with Crippen LogP contribution in [0.5, 0.6) is 0 Å². The molecule has 1 aliphatic heterocycles. The van der Waals surface area contributed by atoms with Gasteiger partial charge < -0.3 is 9.64 Å². The Morgan fingerprint density at radius 3 is 2.26 bits per heavy atom. The number of nitrogens with zero attached hydrogens (tertiary/aromatic N) is 1. The highest BCUT2D eigenvalue weighted by molar-refractivity contribution is 7.86. The number of methoxy groups -OCH3 is 1. The van der Waals surface area contributed by atoms with E-state index >= 15 is 0 Å². The van der Waals surface area contributed by atoms with Gasteiger partial charge in [0.15, 0.2) is 6.29 Å². The molecule has 1 heterocycles. The Labute approximate surface area is 107 Å². The monoisotopic (exact) mass is 303 g/mol. The second-order valence-electron chi connectivity index (χ2n) is 3.30. The highest BCUT2D eigenvalue weighted by Crippen LogP contribution is 2.20. The highest BCUT2D eigenvalue weighted by Gasteiger charge is 2.44. The summed E-state index contributed by atoms with van der Waals surface area (Å²) >= 11 is 0. The summed E-state index contributed by atoms with van der Waals surface area (Å²) in [5, 5.41) is 0. The first-order chi connectivity index (χ1) is 8.52. The van der Waals surface area contributed by atoms with Crippen molar-refractivity contribution in [2.24, 2.45) is 0 Å². The summed E-state index contributed by atoms with van der Waals surface area (Å²) in [5.74, 6) is 0.755. The summed E-state index contributed by atoms with van der Waals surface area (Å²) in [6.07, 6.45) is 4.47. The number of rotatable bonds is 2. The largest absolute Gasteiger partial charge is 0.522 e. The normalized spacial score (nSPS) is 15.8. The summed E-state index contributed by atoms with van der Waals surface area (Å²) in [5.41, 5.74) is -4.88. The van der Waals surface area contributed by atoms with Crippen molar-refractivity contribution in [3.05, 3.63) is 23.6 Å². The van der Waals surface area contributed by atoms with E-state index in [1.165, 1.54) is 0 Å². The van der Waals surface area contributed by atoms with E-state index in [2.05, 4.69) is 0 Å². The van der Waals surface area contributed by atoms with E-state index in [1.54, 1.807) is 13.2 Å². The van der Waals surface area contributed by atoms with Gasteiger partial charge in [-0.05, 0) is 6.08 Å². The molecule has 0 atom stereocenters. The number of carbonyl (C=O) groups excluding carboxylic acids is 1. The van der Waals surface area contributed by atoms with Gasteiger partial charge in [0.2, 0.25) is 0 Å². The van der Waals surface area contributed by atoms with Gasteiger partial charge in [-0.2, -0.15) is 21.6 Å². The molecule has 1 rings (SSSR count). The predicted molar refractivity (Wildman–Crippen MR) is 59.5 cm³/mol. The number of hydrogen-bond donors (Lipinski definition) is 1. The van der Waals surface area contributed by atoms with Crippen molar-refractivity contribution in [3.63, 3.8) is 0 Å². The van der Waals surface area contributed by atoms with Crippen LogP contribution in [0.2, 0.25) is 0 Å². The van der Waals surface area contributed by atoms with Crippen LogP contribution in [-0.4, -0.2) is 50.4 Å². The van der Waals surface area contributed by atoms with E-state index < -0.39 is 15.6 Å². The number of hydrogen-bond acceptors (Lipinski definition) is 5. The van der Waals surface area contributed by atoms with Gasteiger partial charge in [0, 0.05) is 19.7 Å². The molecule has 0 saturated carbocycles. The Kier molecular flexibility index (Phi) is 6.03. The third-order valence-electron chi connectivity index (χ3n) is 1.95. The number of alkyl halides is 3. The number of halogens is 3. The fraction of sp³-hybridized carbons (Fsp3) is 0.444. The first-order valence-electron chi connectivity index (χ1n) is 4.69. The van der Waals surface area contributed by atoms with Crippen LogP contribution in [-0.2, 0) is 19.6 Å². The smallest absolute Gasteiger partial charge is 0.497 e. The molecule has 0 saturated heterocycles. The van der Waals surface area contributed by atoms with E-state index in [0.29, 0.717) is 5.70 Å². The second-order valence-corrected chi connectivity index (χ2v) is 4.71. The second kappa shape index (κ2) is 6.57. The lowest BCUT2D eigenvalue weighted by Gasteiger charge is -2.21. The van der Waals surface area contributed by atoms with Crippen molar-refractivity contribution in [2.45, 2.75) is 5.51 Å². The SMILES string of the molecule is COC1=CCN(C)C(C=O)=C1.O=S(=O)(O)C(F)(F)F. The number of allylic oxidation sites excluding steroid dienone is 2. The van der Waals surface area contributed by atoms with Crippen LogP contribution in [0.15, 0.2) is 23.6 Å². The molecule has 0 radical (unpaired) electrons. The zero-order valence-electron chi connectivity index (χ0n) is 10.0. The van der Waals surface area contributed by atoms with E-state index in [9.17, 15) is 18.0 Å². The standard InChI is InChI=1S/C8H11NO2.CHF3O3S/c1-9-4-3-8(11-2)5-7(9)6-10;2-1(3,4)8(5,6)7/h3,5-6H,4H2,1-2H3;(H,5,6,7). The Hall–Kier alpha value is -1.55. The van der Waals surface area contributed by atoms with Gasteiger partial charge in [-0.25, -0.2) is 0 Å². The highest BCUT2D eigenvalue weighted by atomic mass is 32.2. The van der Waals surface area contributed by atoms with E-state index in [-0.39, 0.29) is 0 Å². The molecule has 6 nitrogen and oxygen atoms in total. The third kappa shape index (κ3) is 5.75. The quantitative estimate of drug-likeness (QED) is 0.464. The summed E-state index contributed by atoms with van der Waals surface area (Å²) in [4.78, 5) is 12.3. The van der Waals surface area contributed by atoms with Gasteiger partial charge in [0.1, 0.15) is 5.76 Å². The number of aldehydes is 1. The minimum absolute atomic E-state index is 0.657. The van der Waals surface area contributed by atoms with Gasteiger partial charge in [-0.3, -0.25) is 9.35 Å². The van der Waals surface area contributed by atoms with Crippen LogP contribution < -0.4 is 0 Å². The molecule has 0 fully saturated rings. The maximum atomic E-state index is 10.7. The molecule has 0 aliphatic carbocycles. The zero-order valence-corrected chi connectivity index (χ0v) is 10.8. The third-order valence-corrected chi connectivity index (χ3v) is 2.53. The van der Waals surface area contributed by atoms with Crippen LogP contribution in [0.25, 0.3) is 0 Å². The molecule has 19 heavy (non-hydrogen) atoms. The van der Waals surface area contributed by atoms with E-state index in [4.69, 9.17) is 17.7 Å². The van der Waals surface area contributed by atoms with Gasteiger partial charge in [0.25, 0.3) is 0 Å². The van der Waals surface area contributed by atoms with Crippen molar-refractivity contribution in [2.75, 3.05) is 20.7 Å². The predicted octanol–water partition coefficient (Wildman–Crippen LogP) is 0.939. The Morgan fingerprint density at radius 2 is 1.95 bits per heavy atom. The maximum Gasteiger partial charge on any atom is 0.522 e. The molecular weight excluding hydrogens is 291 g/mol. The molecular formula is C9H12F3NO5S. The molecule has 0 spiro atoms. The van der Waals surface area contributed by atoms with Gasteiger partial charge in [0.05, 0.1) is 12.8 Å². The molecule has 10 heteroatoms. The average Bonchev–Trinajstić information content (AvgIpc) is 2.28. The summed E-state index contributed by atoms with van der Waals surface area (Å²) in [6.45, 7) is 0.730. The molecule has 0 aromatic rings. The molecule has 110 valence electrons. The molecule has 0 aromatic carbocycles. The van der Waals surface area contributed by atoms with Crippen molar-refractivity contribution < 1.29 is 35.7 Å². The van der Waals surface area contributed by atoms with Crippen LogP contribution in [0.4, 0.5) is 13.2 Å². The Balaban J connectivity index is 0.000000362. The van der Waals surface area contributed by atoms with Crippen LogP contribution in [0, 0.1) is 0 Å². The lowest BCUT2D eigenvalue weighted by atomic mass is 10.2.